The highest BCUT2D eigenvalue weighted by Gasteiger charge is 2.23. The van der Waals surface area contributed by atoms with Crippen molar-refractivity contribution < 1.29 is 8.94 Å². The zero-order valence-electron chi connectivity index (χ0n) is 10.5. The van der Waals surface area contributed by atoms with Gasteiger partial charge in [0.15, 0.2) is 0 Å². The Hall–Kier alpha value is -1.91. The molecular weight excluding hydrogens is 299 g/mol. The van der Waals surface area contributed by atoms with Gasteiger partial charge in [-0.25, -0.2) is 0 Å². The van der Waals surface area contributed by atoms with Gasteiger partial charge in [-0.05, 0) is 25.1 Å². The predicted octanol–water partition coefficient (Wildman–Crippen LogP) is 4.80. The second kappa shape index (κ2) is 4.89. The highest BCUT2D eigenvalue weighted by atomic mass is 35.5. The lowest BCUT2D eigenvalue weighted by Crippen LogP contribution is -1.90. The molecule has 20 heavy (non-hydrogen) atoms. The van der Waals surface area contributed by atoms with E-state index in [4.69, 9.17) is 37.9 Å². The molecule has 0 fully saturated rings. The lowest BCUT2D eigenvalue weighted by molar-refractivity contribution is 0.439. The van der Waals surface area contributed by atoms with Crippen molar-refractivity contribution in [3.63, 3.8) is 0 Å². The molecule has 0 unspecified atom stereocenters. The first-order chi connectivity index (χ1) is 9.59. The largest absolute Gasteiger partial charge is 0.469 e. The first-order valence-electron chi connectivity index (χ1n) is 5.83. The summed E-state index contributed by atoms with van der Waals surface area (Å²) in [7, 11) is 0. The third-order valence-corrected chi connectivity index (χ3v) is 3.68. The van der Waals surface area contributed by atoms with Gasteiger partial charge in [0.1, 0.15) is 11.5 Å². The number of rotatable bonds is 2. The third-order valence-electron chi connectivity index (χ3n) is 3.05. The van der Waals surface area contributed by atoms with Crippen LogP contribution in [0.15, 0.2) is 39.5 Å². The molecule has 6 heteroatoms. The topological polar surface area (TPSA) is 65.2 Å². The van der Waals surface area contributed by atoms with Crippen LogP contribution in [0.25, 0.3) is 22.4 Å². The van der Waals surface area contributed by atoms with Gasteiger partial charge in [-0.3, -0.25) is 0 Å². The van der Waals surface area contributed by atoms with Gasteiger partial charge in [0, 0.05) is 11.1 Å². The van der Waals surface area contributed by atoms with Gasteiger partial charge >= 0.3 is 0 Å². The minimum absolute atomic E-state index is 0.163. The van der Waals surface area contributed by atoms with E-state index in [9.17, 15) is 0 Å². The minimum Gasteiger partial charge on any atom is -0.469 e. The Morgan fingerprint density at radius 3 is 2.40 bits per heavy atom. The number of nitrogens with two attached hydrogens (primary N) is 1. The number of furan rings is 1. The van der Waals surface area contributed by atoms with Crippen LogP contribution in [0.5, 0.6) is 0 Å². The Balaban J connectivity index is 2.31. The number of anilines is 1. The van der Waals surface area contributed by atoms with Gasteiger partial charge in [0.2, 0.25) is 5.88 Å². The van der Waals surface area contributed by atoms with E-state index in [0.717, 1.165) is 5.56 Å². The normalized spacial score (nSPS) is 10.9. The van der Waals surface area contributed by atoms with Gasteiger partial charge in [-0.2, -0.15) is 0 Å². The molecule has 3 aromatic rings. The molecule has 0 aliphatic carbocycles. The first kappa shape index (κ1) is 13.1. The average Bonchev–Trinajstić information content (AvgIpc) is 2.97. The highest BCUT2D eigenvalue weighted by Crippen LogP contribution is 2.43. The van der Waals surface area contributed by atoms with E-state index in [1.165, 1.54) is 0 Å². The fourth-order valence-electron chi connectivity index (χ4n) is 2.10. The molecule has 3 rings (SSSR count). The van der Waals surface area contributed by atoms with E-state index in [-0.39, 0.29) is 5.88 Å². The summed E-state index contributed by atoms with van der Waals surface area (Å²) in [5.41, 5.74) is 8.41. The number of hydrogen-bond donors (Lipinski definition) is 1. The van der Waals surface area contributed by atoms with Crippen molar-refractivity contribution >= 4 is 29.1 Å². The van der Waals surface area contributed by atoms with E-state index in [2.05, 4.69) is 5.16 Å². The van der Waals surface area contributed by atoms with Crippen molar-refractivity contribution in [2.75, 3.05) is 5.73 Å². The van der Waals surface area contributed by atoms with E-state index in [0.29, 0.717) is 32.6 Å². The van der Waals surface area contributed by atoms with Crippen LogP contribution in [0, 0.1) is 6.92 Å². The summed E-state index contributed by atoms with van der Waals surface area (Å²) in [6.07, 6.45) is 1.58. The summed E-state index contributed by atoms with van der Waals surface area (Å²) < 4.78 is 10.4. The van der Waals surface area contributed by atoms with Gasteiger partial charge in [0.25, 0.3) is 0 Å². The quantitative estimate of drug-likeness (QED) is 0.738. The molecule has 2 aromatic heterocycles. The van der Waals surface area contributed by atoms with Gasteiger partial charge in [0.05, 0.1) is 21.9 Å². The van der Waals surface area contributed by atoms with Gasteiger partial charge < -0.3 is 14.7 Å². The van der Waals surface area contributed by atoms with Crippen LogP contribution in [0.1, 0.15) is 5.76 Å². The summed E-state index contributed by atoms with van der Waals surface area (Å²) >= 11 is 12.5. The van der Waals surface area contributed by atoms with Crippen molar-refractivity contribution in [1.82, 2.24) is 5.16 Å². The Labute approximate surface area is 125 Å². The van der Waals surface area contributed by atoms with Crippen molar-refractivity contribution in [2.45, 2.75) is 6.92 Å². The third kappa shape index (κ3) is 1.97. The number of nitrogens with zero attached hydrogens (tertiary/aromatic N) is 1. The van der Waals surface area contributed by atoms with Crippen LogP contribution in [0.2, 0.25) is 10.0 Å². The molecule has 0 aliphatic rings. The maximum atomic E-state index is 6.23. The van der Waals surface area contributed by atoms with E-state index in [1.54, 1.807) is 30.5 Å². The number of aryl methyl sites for hydroxylation is 1. The Kier molecular flexibility index (Phi) is 3.20. The molecule has 2 N–H and O–H groups in total. The van der Waals surface area contributed by atoms with Gasteiger partial charge in [-0.1, -0.05) is 34.4 Å². The highest BCUT2D eigenvalue weighted by molar-refractivity contribution is 6.39. The summed E-state index contributed by atoms with van der Waals surface area (Å²) in [5, 5.41) is 4.96. The number of aromatic nitrogens is 1. The molecule has 0 saturated carbocycles. The second-order valence-corrected chi connectivity index (χ2v) is 5.07. The molecule has 0 atom stereocenters. The Morgan fingerprint density at radius 2 is 1.80 bits per heavy atom. The minimum atomic E-state index is 0.163. The second-order valence-electron chi connectivity index (χ2n) is 4.26. The summed E-state index contributed by atoms with van der Waals surface area (Å²) in [4.78, 5) is 0. The fraction of sp³-hybridized carbons (Fsp3) is 0.0714. The van der Waals surface area contributed by atoms with E-state index in [1.807, 2.05) is 6.92 Å². The molecule has 0 radical (unpaired) electrons. The number of halogens is 2. The molecule has 2 heterocycles. The SMILES string of the molecule is Cc1occc1-c1noc(N)c1-c1c(Cl)cccc1Cl. The summed E-state index contributed by atoms with van der Waals surface area (Å²) in [5.74, 6) is 0.873. The molecule has 0 spiro atoms. The molecule has 0 aliphatic heterocycles. The van der Waals surface area contributed by atoms with Crippen LogP contribution >= 0.6 is 23.2 Å². The molecular formula is C14H10Cl2N2O2. The van der Waals surface area contributed by atoms with Crippen LogP contribution in [0.3, 0.4) is 0 Å². The predicted molar refractivity (Wildman–Crippen MR) is 78.8 cm³/mol. The van der Waals surface area contributed by atoms with Crippen molar-refractivity contribution in [3.8, 4) is 22.4 Å². The standard InChI is InChI=1S/C14H10Cl2N2O2/c1-7-8(5-6-19-7)13-12(14(17)20-18-13)11-9(15)3-2-4-10(11)16/h2-6H,17H2,1H3. The molecule has 1 aromatic carbocycles. The average molecular weight is 309 g/mol. The Morgan fingerprint density at radius 1 is 1.10 bits per heavy atom. The van der Waals surface area contributed by atoms with E-state index < -0.39 is 0 Å². The fourth-order valence-corrected chi connectivity index (χ4v) is 2.68. The van der Waals surface area contributed by atoms with Crippen molar-refractivity contribution in [1.29, 1.82) is 0 Å². The molecule has 0 amide bonds. The lowest BCUT2D eigenvalue weighted by atomic mass is 10.0. The molecule has 0 saturated heterocycles. The number of hydrogen-bond acceptors (Lipinski definition) is 4. The maximum absolute atomic E-state index is 6.23. The van der Waals surface area contributed by atoms with Crippen molar-refractivity contribution in [2.24, 2.45) is 0 Å². The molecule has 4 nitrogen and oxygen atoms in total. The number of benzene rings is 1. The Bertz CT molecular complexity index is 757. The van der Waals surface area contributed by atoms with Crippen LogP contribution in [0.4, 0.5) is 5.88 Å². The molecule has 0 bridgehead atoms. The van der Waals surface area contributed by atoms with Crippen LogP contribution in [-0.4, -0.2) is 5.16 Å². The van der Waals surface area contributed by atoms with Crippen LogP contribution < -0.4 is 5.73 Å². The molecule has 102 valence electrons. The van der Waals surface area contributed by atoms with Crippen LogP contribution in [-0.2, 0) is 0 Å². The summed E-state index contributed by atoms with van der Waals surface area (Å²) in [6, 6.07) is 7.03. The zero-order valence-corrected chi connectivity index (χ0v) is 12.0. The maximum Gasteiger partial charge on any atom is 0.230 e. The smallest absolute Gasteiger partial charge is 0.230 e. The lowest BCUT2D eigenvalue weighted by Gasteiger charge is -2.06. The summed E-state index contributed by atoms with van der Waals surface area (Å²) in [6.45, 7) is 1.83. The van der Waals surface area contributed by atoms with Crippen molar-refractivity contribution in [3.05, 3.63) is 46.3 Å². The number of nitrogen functional groups attached to an aromatic ring is 1. The van der Waals surface area contributed by atoms with E-state index >= 15 is 0 Å². The first-order valence-corrected chi connectivity index (χ1v) is 6.59. The monoisotopic (exact) mass is 308 g/mol. The zero-order chi connectivity index (χ0) is 14.3. The van der Waals surface area contributed by atoms with Gasteiger partial charge in [-0.15, -0.1) is 0 Å².